The molecule has 0 aromatic heterocycles. The third-order valence-corrected chi connectivity index (χ3v) is 5.99. The second-order valence-corrected chi connectivity index (χ2v) is 9.24. The highest BCUT2D eigenvalue weighted by Crippen LogP contribution is 2.20. The van der Waals surface area contributed by atoms with Crippen LogP contribution in [0, 0.1) is 0 Å². The number of alkyl halides is 3. The molecule has 0 aliphatic carbocycles. The van der Waals surface area contributed by atoms with Crippen molar-refractivity contribution in [1.82, 2.24) is 0 Å². The second-order valence-electron chi connectivity index (χ2n) is 7.87. The van der Waals surface area contributed by atoms with Gasteiger partial charge in [-0.2, -0.15) is 13.2 Å². The number of quaternary nitrogens is 1. The molecule has 1 fully saturated rings. The first-order valence-corrected chi connectivity index (χ1v) is 12.4. The summed E-state index contributed by atoms with van der Waals surface area (Å²) >= 11 is 0. The third-order valence-electron chi connectivity index (χ3n) is 5.42. The van der Waals surface area contributed by atoms with Gasteiger partial charge in [0.05, 0.1) is 19.1 Å². The van der Waals surface area contributed by atoms with Gasteiger partial charge in [0.25, 0.3) is 0 Å². The van der Waals surface area contributed by atoms with Gasteiger partial charge in [-0.05, 0) is 44.9 Å². The highest BCUT2D eigenvalue weighted by Gasteiger charge is 2.36. The van der Waals surface area contributed by atoms with Crippen LogP contribution in [0.3, 0.4) is 0 Å². The fourth-order valence-electron chi connectivity index (χ4n) is 3.77. The first-order valence-electron chi connectivity index (χ1n) is 11.0. The van der Waals surface area contributed by atoms with E-state index < -0.39 is 15.6 Å². The fourth-order valence-corrected chi connectivity index (χ4v) is 3.77. The molecular weight excluding hydrogens is 391 g/mol. The topological polar surface area (TPSA) is 61.6 Å². The normalized spacial score (nSPS) is 20.5. The van der Waals surface area contributed by atoms with E-state index in [1.54, 1.807) is 0 Å². The lowest BCUT2D eigenvalue weighted by molar-refractivity contribution is -0.931. The number of halogens is 3. The van der Waals surface area contributed by atoms with Gasteiger partial charge in [0.1, 0.15) is 0 Å². The molecule has 0 saturated carbocycles. The van der Waals surface area contributed by atoms with Crippen molar-refractivity contribution in [3.05, 3.63) is 0 Å². The molecule has 170 valence electrons. The van der Waals surface area contributed by atoms with E-state index in [0.29, 0.717) is 0 Å². The Morgan fingerprint density at radius 3 is 1.89 bits per heavy atom. The molecule has 0 bridgehead atoms. The minimum atomic E-state index is -6.09. The maximum Gasteiger partial charge on any atom is 0.485 e. The molecule has 1 N–H and O–H groups in total. The van der Waals surface area contributed by atoms with Gasteiger partial charge in [-0.1, -0.05) is 58.8 Å². The predicted molar refractivity (Wildman–Crippen MR) is 106 cm³/mol. The van der Waals surface area contributed by atoms with E-state index >= 15 is 0 Å². The molecule has 2 unspecified atom stereocenters. The first-order chi connectivity index (χ1) is 13.1. The maximum atomic E-state index is 10.7. The summed E-state index contributed by atoms with van der Waals surface area (Å²) in [6.45, 7) is 7.56. The number of nitrogens with one attached hydrogen (secondary N) is 1. The molecule has 8 heteroatoms. The number of likely N-dealkylation sites (tertiary alicyclic amines) is 1. The minimum absolute atomic E-state index is 1.01. The zero-order valence-corrected chi connectivity index (χ0v) is 18.5. The van der Waals surface area contributed by atoms with E-state index in [2.05, 4.69) is 13.8 Å². The summed E-state index contributed by atoms with van der Waals surface area (Å²) in [6.07, 6.45) is 20.5. The molecule has 1 rings (SSSR count). The van der Waals surface area contributed by atoms with Crippen molar-refractivity contribution in [1.29, 1.82) is 0 Å². The molecule has 0 aromatic rings. The lowest BCUT2D eigenvalue weighted by Crippen LogP contribution is -3.16. The Hall–Kier alpha value is -0.340. The number of rotatable bonds is 12. The summed E-state index contributed by atoms with van der Waals surface area (Å²) < 4.78 is 58.9. The van der Waals surface area contributed by atoms with Crippen LogP contribution in [0.1, 0.15) is 104 Å². The Kier molecular flexibility index (Phi) is 15.3. The number of hydrogen-bond donors (Lipinski definition) is 1. The van der Waals surface area contributed by atoms with E-state index in [4.69, 9.17) is 13.0 Å². The largest absolute Gasteiger partial charge is 0.741 e. The van der Waals surface area contributed by atoms with Crippen LogP contribution in [0.5, 0.6) is 0 Å². The van der Waals surface area contributed by atoms with Gasteiger partial charge in [0, 0.05) is 0 Å². The molecule has 4 nitrogen and oxygen atoms in total. The fraction of sp³-hybridized carbons (Fsp3) is 1.00. The van der Waals surface area contributed by atoms with Crippen molar-refractivity contribution in [2.75, 3.05) is 13.1 Å². The molecule has 28 heavy (non-hydrogen) atoms. The summed E-state index contributed by atoms with van der Waals surface area (Å²) in [5, 5.41) is 0. The number of hydrogen-bond acceptors (Lipinski definition) is 3. The van der Waals surface area contributed by atoms with Crippen molar-refractivity contribution in [3.63, 3.8) is 0 Å². The van der Waals surface area contributed by atoms with Crippen molar-refractivity contribution < 1.29 is 31.0 Å². The van der Waals surface area contributed by atoms with Gasteiger partial charge in [0.2, 0.25) is 0 Å². The van der Waals surface area contributed by atoms with Crippen LogP contribution < -0.4 is 4.90 Å². The summed E-state index contributed by atoms with van der Waals surface area (Å²) in [4.78, 5) is 1.95. The van der Waals surface area contributed by atoms with Gasteiger partial charge in [-0.25, -0.2) is 8.42 Å². The second kappa shape index (κ2) is 15.5. The molecule has 0 amide bonds. The van der Waals surface area contributed by atoms with Crippen LogP contribution in [-0.4, -0.2) is 37.6 Å². The van der Waals surface area contributed by atoms with E-state index in [1.165, 1.54) is 103 Å². The average Bonchev–Trinajstić information content (AvgIpc) is 2.62. The standard InChI is InChI=1S/C19H39N.CHF3O3S/c1-3-5-7-8-9-10-11-13-17-20-18-14-12-16-19(20)15-6-4-2;2-1(3,4)8(5,6)7/h19H,3-18H2,1-2H3;(H,5,6,7). The maximum absolute atomic E-state index is 10.7. The lowest BCUT2D eigenvalue weighted by atomic mass is 9.97. The summed E-state index contributed by atoms with van der Waals surface area (Å²) in [6, 6.07) is 1.01. The Bertz CT molecular complexity index is 470. The SMILES string of the molecule is CCCCCCCCCC[NH+]1CCCCC1CCCC.O=S(=O)([O-])C(F)(F)F. The van der Waals surface area contributed by atoms with E-state index in [9.17, 15) is 13.2 Å². The summed E-state index contributed by atoms with van der Waals surface area (Å²) in [5.41, 5.74) is -5.65. The molecule has 1 aliphatic rings. The predicted octanol–water partition coefficient (Wildman–Crippen LogP) is 4.81. The number of piperidine rings is 1. The molecule has 1 saturated heterocycles. The van der Waals surface area contributed by atoms with Crippen molar-refractivity contribution in [3.8, 4) is 0 Å². The van der Waals surface area contributed by atoms with Crippen LogP contribution in [0.2, 0.25) is 0 Å². The van der Waals surface area contributed by atoms with Crippen LogP contribution in [0.15, 0.2) is 0 Å². The van der Waals surface area contributed by atoms with Crippen LogP contribution in [-0.2, 0) is 10.1 Å². The van der Waals surface area contributed by atoms with Crippen molar-refractivity contribution >= 4 is 10.1 Å². The quantitative estimate of drug-likeness (QED) is 0.274. The first kappa shape index (κ1) is 27.7. The summed E-state index contributed by atoms with van der Waals surface area (Å²) in [7, 11) is -6.09. The van der Waals surface area contributed by atoms with Gasteiger partial charge in [-0.15, -0.1) is 0 Å². The van der Waals surface area contributed by atoms with Crippen molar-refractivity contribution in [2.24, 2.45) is 0 Å². The Balaban J connectivity index is 0.000000769. The average molecular weight is 432 g/mol. The Morgan fingerprint density at radius 1 is 0.893 bits per heavy atom. The third kappa shape index (κ3) is 13.8. The minimum Gasteiger partial charge on any atom is -0.741 e. The molecule has 1 heterocycles. The van der Waals surface area contributed by atoms with Crippen LogP contribution in [0.4, 0.5) is 13.2 Å². The van der Waals surface area contributed by atoms with E-state index in [1.807, 2.05) is 4.90 Å². The monoisotopic (exact) mass is 431 g/mol. The van der Waals surface area contributed by atoms with Crippen molar-refractivity contribution in [2.45, 2.75) is 115 Å². The highest BCUT2D eigenvalue weighted by atomic mass is 32.2. The van der Waals surface area contributed by atoms with Gasteiger partial charge >= 0.3 is 5.51 Å². The Labute approximate surface area is 170 Å². The van der Waals surface area contributed by atoms with E-state index in [0.717, 1.165) is 6.04 Å². The number of unbranched alkanes of at least 4 members (excludes halogenated alkanes) is 8. The van der Waals surface area contributed by atoms with Gasteiger partial charge in [0.15, 0.2) is 10.1 Å². The molecule has 0 radical (unpaired) electrons. The zero-order valence-electron chi connectivity index (χ0n) is 17.7. The van der Waals surface area contributed by atoms with Gasteiger partial charge in [-0.3, -0.25) is 0 Å². The van der Waals surface area contributed by atoms with E-state index in [-0.39, 0.29) is 0 Å². The van der Waals surface area contributed by atoms with Crippen LogP contribution in [0.25, 0.3) is 0 Å². The molecule has 0 spiro atoms. The van der Waals surface area contributed by atoms with Crippen LogP contribution >= 0.6 is 0 Å². The summed E-state index contributed by atoms with van der Waals surface area (Å²) in [5.74, 6) is 0. The highest BCUT2D eigenvalue weighted by molar-refractivity contribution is 7.86. The molecule has 2 atom stereocenters. The van der Waals surface area contributed by atoms with Gasteiger partial charge < -0.3 is 9.45 Å². The molecule has 1 aliphatic heterocycles. The zero-order chi connectivity index (χ0) is 21.5. The lowest BCUT2D eigenvalue weighted by Gasteiger charge is -2.32. The smallest absolute Gasteiger partial charge is 0.485 e. The molecular formula is C20H40F3NO3S. The molecule has 0 aromatic carbocycles. The Morgan fingerprint density at radius 2 is 1.39 bits per heavy atom.